The molecule has 0 bridgehead atoms. The van der Waals surface area contributed by atoms with Gasteiger partial charge in [0.05, 0.1) is 18.3 Å². The van der Waals surface area contributed by atoms with E-state index in [-0.39, 0.29) is 24.2 Å². The fraction of sp³-hybridized carbons (Fsp3) is 0.684. The van der Waals surface area contributed by atoms with Gasteiger partial charge in [-0.1, -0.05) is 19.3 Å². The molecule has 7 heteroatoms. The lowest BCUT2D eigenvalue weighted by atomic mass is 9.74. The number of imide groups is 1. The lowest BCUT2D eigenvalue weighted by Crippen LogP contribution is -2.60. The molecule has 26 heavy (non-hydrogen) atoms. The molecule has 1 atom stereocenters. The molecule has 1 aromatic rings. The average molecular weight is 362 g/mol. The molecular formula is C19H30N4O3. The minimum absolute atomic E-state index is 0.180. The van der Waals surface area contributed by atoms with Crippen LogP contribution in [0.15, 0.2) is 12.4 Å². The summed E-state index contributed by atoms with van der Waals surface area (Å²) in [4.78, 5) is 40.3. The van der Waals surface area contributed by atoms with Crippen LogP contribution in [0.3, 0.4) is 0 Å². The maximum absolute atomic E-state index is 13.2. The van der Waals surface area contributed by atoms with Crippen molar-refractivity contribution in [3.05, 3.63) is 18.0 Å². The minimum Gasteiger partial charge on any atom is -0.296 e. The lowest BCUT2D eigenvalue weighted by Gasteiger charge is -2.44. The number of Topliss-reactive ketones (excluding diaryl/α,β-unsaturated/α-hetero) is 1. The van der Waals surface area contributed by atoms with E-state index in [1.807, 2.05) is 32.8 Å². The highest BCUT2D eigenvalue weighted by Gasteiger charge is 2.46. The molecule has 2 amide bonds. The maximum Gasteiger partial charge on any atom is 0.249 e. The Kier molecular flexibility index (Phi) is 6.69. The highest BCUT2D eigenvalue weighted by molar-refractivity contribution is 6.03. The number of rotatable bonds is 8. The number of hydrogen-bond donors (Lipinski definition) is 0. The van der Waals surface area contributed by atoms with Gasteiger partial charge >= 0.3 is 0 Å². The van der Waals surface area contributed by atoms with Crippen LogP contribution in [0.5, 0.6) is 0 Å². The van der Waals surface area contributed by atoms with E-state index < -0.39 is 5.54 Å². The van der Waals surface area contributed by atoms with Crippen LogP contribution in [0.25, 0.3) is 0 Å². The zero-order valence-corrected chi connectivity index (χ0v) is 16.3. The largest absolute Gasteiger partial charge is 0.296 e. The first kappa shape index (κ1) is 20.3. The molecule has 1 aliphatic rings. The van der Waals surface area contributed by atoms with Crippen molar-refractivity contribution >= 4 is 18.1 Å². The zero-order chi connectivity index (χ0) is 19.3. The Morgan fingerprint density at radius 2 is 1.96 bits per heavy atom. The standard InChI is InChI=1S/C19H30N4O3/c1-5-23-12-15(11-20-23)17(25)13-22(14-24)18(26)19(2,21(3)4)16-9-7-6-8-10-16/h11-12,14,16H,5-10,13H2,1-4H3. The number of aryl methyl sites for hydroxylation is 1. The third-order valence-electron chi connectivity index (χ3n) is 5.74. The van der Waals surface area contributed by atoms with E-state index in [0.717, 1.165) is 30.6 Å². The highest BCUT2D eigenvalue weighted by Crippen LogP contribution is 2.36. The molecule has 7 nitrogen and oxygen atoms in total. The van der Waals surface area contributed by atoms with Crippen LogP contribution < -0.4 is 0 Å². The Morgan fingerprint density at radius 1 is 1.31 bits per heavy atom. The smallest absolute Gasteiger partial charge is 0.249 e. The van der Waals surface area contributed by atoms with Gasteiger partial charge in [0, 0.05) is 12.7 Å². The second kappa shape index (κ2) is 8.58. The molecular weight excluding hydrogens is 332 g/mol. The van der Waals surface area contributed by atoms with Crippen LogP contribution in [0.4, 0.5) is 0 Å². The first-order valence-corrected chi connectivity index (χ1v) is 9.34. The number of carbonyl (C=O) groups excluding carboxylic acids is 3. The molecule has 0 aromatic carbocycles. The molecule has 0 saturated heterocycles. The molecule has 0 spiro atoms. The number of amides is 2. The summed E-state index contributed by atoms with van der Waals surface area (Å²) in [6.07, 6.45) is 8.90. The Morgan fingerprint density at radius 3 is 2.46 bits per heavy atom. The summed E-state index contributed by atoms with van der Waals surface area (Å²) in [6.45, 7) is 4.22. The molecule has 1 aliphatic carbocycles. The number of nitrogens with zero attached hydrogens (tertiary/aromatic N) is 4. The molecule has 1 saturated carbocycles. The molecule has 144 valence electrons. The SMILES string of the molecule is CCn1cc(C(=O)CN(C=O)C(=O)C(C)(C2CCCCC2)N(C)C)cn1. The van der Waals surface area contributed by atoms with E-state index >= 15 is 0 Å². The van der Waals surface area contributed by atoms with Gasteiger partial charge in [-0.15, -0.1) is 0 Å². The highest BCUT2D eigenvalue weighted by atomic mass is 16.2. The third kappa shape index (κ3) is 4.03. The van der Waals surface area contributed by atoms with Crippen molar-refractivity contribution in [3.8, 4) is 0 Å². The Labute approximate surface area is 155 Å². The van der Waals surface area contributed by atoms with Gasteiger partial charge in [-0.2, -0.15) is 5.10 Å². The maximum atomic E-state index is 13.2. The Bertz CT molecular complexity index is 649. The van der Waals surface area contributed by atoms with Crippen LogP contribution >= 0.6 is 0 Å². The van der Waals surface area contributed by atoms with Gasteiger partial charge in [0.1, 0.15) is 5.54 Å². The summed E-state index contributed by atoms with van der Waals surface area (Å²) in [6, 6.07) is 0. The summed E-state index contributed by atoms with van der Waals surface area (Å²) in [5, 5.41) is 4.08. The normalized spacial score (nSPS) is 17.7. The molecule has 1 heterocycles. The predicted molar refractivity (Wildman–Crippen MR) is 98.7 cm³/mol. The van der Waals surface area contributed by atoms with Crippen molar-refractivity contribution < 1.29 is 14.4 Å². The zero-order valence-electron chi connectivity index (χ0n) is 16.3. The van der Waals surface area contributed by atoms with E-state index in [4.69, 9.17) is 0 Å². The summed E-state index contributed by atoms with van der Waals surface area (Å²) in [5.74, 6) is -0.408. The van der Waals surface area contributed by atoms with Gasteiger partial charge in [-0.05, 0) is 46.7 Å². The van der Waals surface area contributed by atoms with Gasteiger partial charge in [0.15, 0.2) is 5.78 Å². The summed E-state index contributed by atoms with van der Waals surface area (Å²) >= 11 is 0. The summed E-state index contributed by atoms with van der Waals surface area (Å²) < 4.78 is 1.65. The molecule has 2 rings (SSSR count). The Hall–Kier alpha value is -2.02. The average Bonchev–Trinajstić information content (AvgIpc) is 3.14. The number of carbonyl (C=O) groups is 3. The van der Waals surface area contributed by atoms with Crippen molar-refractivity contribution in [2.75, 3.05) is 20.6 Å². The van der Waals surface area contributed by atoms with Gasteiger partial charge in [-0.25, -0.2) is 0 Å². The second-order valence-electron chi connectivity index (χ2n) is 7.42. The molecule has 1 aromatic heterocycles. The van der Waals surface area contributed by atoms with Crippen LogP contribution in [0.2, 0.25) is 0 Å². The van der Waals surface area contributed by atoms with Gasteiger partial charge in [0.25, 0.3) is 0 Å². The first-order chi connectivity index (χ1) is 12.3. The molecule has 0 aliphatic heterocycles. The van der Waals surface area contributed by atoms with Crippen LogP contribution in [-0.2, 0) is 16.1 Å². The van der Waals surface area contributed by atoms with Crippen molar-refractivity contribution in [1.29, 1.82) is 0 Å². The molecule has 1 fully saturated rings. The minimum atomic E-state index is -0.796. The summed E-state index contributed by atoms with van der Waals surface area (Å²) in [5.41, 5.74) is -0.384. The van der Waals surface area contributed by atoms with E-state index in [2.05, 4.69) is 5.10 Å². The van der Waals surface area contributed by atoms with Crippen LogP contribution in [-0.4, -0.2) is 63.9 Å². The van der Waals surface area contributed by atoms with E-state index in [9.17, 15) is 14.4 Å². The van der Waals surface area contributed by atoms with Crippen molar-refractivity contribution in [3.63, 3.8) is 0 Å². The lowest BCUT2D eigenvalue weighted by molar-refractivity contribution is -0.149. The second-order valence-corrected chi connectivity index (χ2v) is 7.42. The van der Waals surface area contributed by atoms with Gasteiger partial charge in [-0.3, -0.25) is 28.9 Å². The van der Waals surface area contributed by atoms with E-state index in [0.29, 0.717) is 18.5 Å². The fourth-order valence-electron chi connectivity index (χ4n) is 3.77. The number of aromatic nitrogens is 2. The quantitative estimate of drug-likeness (QED) is 0.522. The number of likely N-dealkylation sites (N-methyl/N-ethyl adjacent to an activating group) is 1. The van der Waals surface area contributed by atoms with Crippen LogP contribution in [0.1, 0.15) is 56.3 Å². The number of ketones is 1. The summed E-state index contributed by atoms with van der Waals surface area (Å²) in [7, 11) is 3.73. The fourth-order valence-corrected chi connectivity index (χ4v) is 3.77. The van der Waals surface area contributed by atoms with Crippen LogP contribution in [0, 0.1) is 5.92 Å². The van der Waals surface area contributed by atoms with Crippen molar-refractivity contribution in [2.24, 2.45) is 5.92 Å². The first-order valence-electron chi connectivity index (χ1n) is 9.34. The van der Waals surface area contributed by atoms with Gasteiger partial charge < -0.3 is 0 Å². The number of hydrogen-bond acceptors (Lipinski definition) is 5. The monoisotopic (exact) mass is 362 g/mol. The van der Waals surface area contributed by atoms with Gasteiger partial charge in [0.2, 0.25) is 12.3 Å². The topological polar surface area (TPSA) is 75.5 Å². The third-order valence-corrected chi connectivity index (χ3v) is 5.74. The van der Waals surface area contributed by atoms with E-state index in [1.54, 1.807) is 10.9 Å². The molecule has 0 N–H and O–H groups in total. The predicted octanol–water partition coefficient (Wildman–Crippen LogP) is 1.97. The van der Waals surface area contributed by atoms with Crippen molar-refractivity contribution in [1.82, 2.24) is 19.6 Å². The van der Waals surface area contributed by atoms with E-state index in [1.165, 1.54) is 12.6 Å². The Balaban J connectivity index is 2.18. The molecule has 0 radical (unpaired) electrons. The van der Waals surface area contributed by atoms with Crippen molar-refractivity contribution in [2.45, 2.75) is 58.0 Å². The molecule has 1 unspecified atom stereocenters.